The van der Waals surface area contributed by atoms with Gasteiger partial charge in [0, 0.05) is 18.3 Å². The molecule has 2 N–H and O–H groups in total. The predicted molar refractivity (Wildman–Crippen MR) is 94.6 cm³/mol. The Kier molecular flexibility index (Phi) is 7.59. The molecule has 23 heavy (non-hydrogen) atoms. The van der Waals surface area contributed by atoms with Gasteiger partial charge in [-0.15, -0.1) is 0 Å². The number of benzene rings is 1. The van der Waals surface area contributed by atoms with Crippen LogP contribution in [-0.2, 0) is 4.79 Å². The molecule has 1 aromatic rings. The molecule has 0 aromatic heterocycles. The summed E-state index contributed by atoms with van der Waals surface area (Å²) in [6.07, 6.45) is 1.76. The van der Waals surface area contributed by atoms with Crippen LogP contribution in [0, 0.1) is 6.92 Å². The molecule has 0 aliphatic rings. The summed E-state index contributed by atoms with van der Waals surface area (Å²) < 4.78 is 0. The minimum Gasteiger partial charge on any atom is -0.335 e. The van der Waals surface area contributed by atoms with E-state index in [2.05, 4.69) is 10.6 Å². The van der Waals surface area contributed by atoms with Crippen molar-refractivity contribution in [2.45, 2.75) is 59.5 Å². The molecule has 128 valence electrons. The molecule has 5 heteroatoms. The van der Waals surface area contributed by atoms with Gasteiger partial charge in [-0.2, -0.15) is 0 Å². The Morgan fingerprint density at radius 1 is 1.09 bits per heavy atom. The lowest BCUT2D eigenvalue weighted by Gasteiger charge is -2.29. The van der Waals surface area contributed by atoms with Crippen LogP contribution in [0.2, 0.25) is 0 Å². The first kappa shape index (κ1) is 19.0. The smallest absolute Gasteiger partial charge is 0.318 e. The Labute approximate surface area is 139 Å². The molecule has 1 rings (SSSR count). The molecule has 0 aliphatic carbocycles. The summed E-state index contributed by atoms with van der Waals surface area (Å²) in [5.41, 5.74) is 1.87. The molecule has 1 aromatic carbocycles. The second-order valence-electron chi connectivity index (χ2n) is 5.78. The number of hydrogen-bond acceptors (Lipinski definition) is 2. The van der Waals surface area contributed by atoms with Gasteiger partial charge in [-0.05, 0) is 45.7 Å². The number of aryl methyl sites for hydroxylation is 1. The fourth-order valence-corrected chi connectivity index (χ4v) is 2.37. The van der Waals surface area contributed by atoms with Crippen LogP contribution in [0.15, 0.2) is 24.3 Å². The van der Waals surface area contributed by atoms with Crippen LogP contribution in [0.5, 0.6) is 0 Å². The van der Waals surface area contributed by atoms with Crippen LogP contribution in [-0.4, -0.2) is 35.5 Å². The summed E-state index contributed by atoms with van der Waals surface area (Å²) in [6.45, 7) is 10.2. The topological polar surface area (TPSA) is 61.4 Å². The van der Waals surface area contributed by atoms with E-state index in [1.807, 2.05) is 52.0 Å². The van der Waals surface area contributed by atoms with Gasteiger partial charge >= 0.3 is 6.03 Å². The molecule has 5 nitrogen and oxygen atoms in total. The maximum atomic E-state index is 12.4. The van der Waals surface area contributed by atoms with E-state index in [-0.39, 0.29) is 18.0 Å². The number of urea groups is 1. The second-order valence-corrected chi connectivity index (χ2v) is 5.78. The number of nitrogens with one attached hydrogen (secondary N) is 2. The van der Waals surface area contributed by atoms with Crippen LogP contribution in [0.25, 0.3) is 0 Å². The van der Waals surface area contributed by atoms with Crippen molar-refractivity contribution in [3.8, 4) is 0 Å². The van der Waals surface area contributed by atoms with Crippen LogP contribution in [0.3, 0.4) is 0 Å². The first-order chi connectivity index (χ1) is 10.9. The van der Waals surface area contributed by atoms with Gasteiger partial charge in [0.1, 0.15) is 6.04 Å². The second kappa shape index (κ2) is 9.18. The van der Waals surface area contributed by atoms with Gasteiger partial charge in [0.15, 0.2) is 0 Å². The van der Waals surface area contributed by atoms with Crippen molar-refractivity contribution in [2.24, 2.45) is 0 Å². The highest BCUT2D eigenvalue weighted by molar-refractivity contribution is 5.96. The number of nitrogens with zero attached hydrogens (tertiary/aromatic N) is 1. The zero-order valence-electron chi connectivity index (χ0n) is 14.8. The highest BCUT2D eigenvalue weighted by Gasteiger charge is 2.25. The number of rotatable bonds is 7. The maximum absolute atomic E-state index is 12.4. The fourth-order valence-electron chi connectivity index (χ4n) is 2.37. The van der Waals surface area contributed by atoms with E-state index in [4.69, 9.17) is 0 Å². The minimum absolute atomic E-state index is 0.143. The molecule has 0 aliphatic heterocycles. The Hall–Kier alpha value is -2.04. The largest absolute Gasteiger partial charge is 0.335 e. The average molecular weight is 319 g/mol. The molecule has 0 saturated heterocycles. The predicted octanol–water partition coefficient (Wildman–Crippen LogP) is 3.54. The SMILES string of the molecule is CCC(CC)NC(=O)N(CC)[C@@H](C)C(=O)Nc1ccc(C)cc1. The lowest BCUT2D eigenvalue weighted by Crippen LogP contribution is -2.51. The van der Waals surface area contributed by atoms with Crippen LogP contribution < -0.4 is 10.6 Å². The number of carbonyl (C=O) groups is 2. The summed E-state index contributed by atoms with van der Waals surface area (Å²) in [5, 5.41) is 5.84. The van der Waals surface area contributed by atoms with Gasteiger partial charge in [-0.25, -0.2) is 4.79 Å². The zero-order chi connectivity index (χ0) is 17.4. The summed E-state index contributed by atoms with van der Waals surface area (Å²) in [4.78, 5) is 26.3. The van der Waals surface area contributed by atoms with E-state index in [0.717, 1.165) is 24.1 Å². The standard InChI is InChI=1S/C18H29N3O2/c1-6-15(7-2)20-18(23)21(8-3)14(5)17(22)19-16-11-9-13(4)10-12-16/h9-12,14-15H,6-8H2,1-5H3,(H,19,22)(H,20,23)/t14-/m0/s1. The van der Waals surface area contributed by atoms with E-state index >= 15 is 0 Å². The van der Waals surface area contributed by atoms with Gasteiger partial charge in [0.05, 0.1) is 0 Å². The highest BCUT2D eigenvalue weighted by atomic mass is 16.2. The van der Waals surface area contributed by atoms with Crippen molar-refractivity contribution in [1.82, 2.24) is 10.2 Å². The Morgan fingerprint density at radius 3 is 2.13 bits per heavy atom. The number of likely N-dealkylation sites (N-methyl/N-ethyl adjacent to an activating group) is 1. The number of carbonyl (C=O) groups excluding carboxylic acids is 2. The number of hydrogen-bond donors (Lipinski definition) is 2. The molecule has 1 atom stereocenters. The van der Waals surface area contributed by atoms with Crippen LogP contribution in [0.4, 0.5) is 10.5 Å². The quantitative estimate of drug-likeness (QED) is 0.807. The van der Waals surface area contributed by atoms with Gasteiger partial charge in [-0.1, -0.05) is 31.5 Å². The lowest BCUT2D eigenvalue weighted by molar-refractivity contribution is -0.119. The number of anilines is 1. The first-order valence-corrected chi connectivity index (χ1v) is 8.37. The van der Waals surface area contributed by atoms with Gasteiger partial charge in [-0.3, -0.25) is 4.79 Å². The van der Waals surface area contributed by atoms with E-state index < -0.39 is 6.04 Å². The average Bonchev–Trinajstić information content (AvgIpc) is 2.55. The van der Waals surface area contributed by atoms with Crippen molar-refractivity contribution in [3.63, 3.8) is 0 Å². The molecule has 0 unspecified atom stereocenters. The Balaban J connectivity index is 2.70. The third kappa shape index (κ3) is 5.58. The van der Waals surface area contributed by atoms with Crippen molar-refractivity contribution in [2.75, 3.05) is 11.9 Å². The third-order valence-electron chi connectivity index (χ3n) is 4.08. The molecule has 0 fully saturated rings. The van der Waals surface area contributed by atoms with Crippen LogP contribution >= 0.6 is 0 Å². The van der Waals surface area contributed by atoms with E-state index in [1.54, 1.807) is 11.8 Å². The lowest BCUT2D eigenvalue weighted by atomic mass is 10.2. The van der Waals surface area contributed by atoms with Crippen molar-refractivity contribution >= 4 is 17.6 Å². The summed E-state index contributed by atoms with van der Waals surface area (Å²) >= 11 is 0. The molecular formula is C18H29N3O2. The molecule has 0 spiro atoms. The van der Waals surface area contributed by atoms with E-state index in [1.165, 1.54) is 0 Å². The summed E-state index contributed by atoms with van der Waals surface area (Å²) in [7, 11) is 0. The van der Waals surface area contributed by atoms with Crippen LogP contribution in [0.1, 0.15) is 46.1 Å². The van der Waals surface area contributed by atoms with Gasteiger partial charge in [0.2, 0.25) is 5.91 Å². The molecular weight excluding hydrogens is 290 g/mol. The van der Waals surface area contributed by atoms with E-state index in [0.29, 0.717) is 6.54 Å². The first-order valence-electron chi connectivity index (χ1n) is 8.37. The Morgan fingerprint density at radius 2 is 1.65 bits per heavy atom. The van der Waals surface area contributed by atoms with E-state index in [9.17, 15) is 9.59 Å². The van der Waals surface area contributed by atoms with Crippen molar-refractivity contribution < 1.29 is 9.59 Å². The minimum atomic E-state index is -0.532. The molecule has 3 amide bonds. The fraction of sp³-hybridized carbons (Fsp3) is 0.556. The summed E-state index contributed by atoms with van der Waals surface area (Å²) in [5.74, 6) is -0.185. The molecule has 0 radical (unpaired) electrons. The third-order valence-corrected chi connectivity index (χ3v) is 4.08. The van der Waals surface area contributed by atoms with Gasteiger partial charge in [0.25, 0.3) is 0 Å². The van der Waals surface area contributed by atoms with Gasteiger partial charge < -0.3 is 15.5 Å². The zero-order valence-corrected chi connectivity index (χ0v) is 14.8. The monoisotopic (exact) mass is 319 g/mol. The molecule has 0 heterocycles. The van der Waals surface area contributed by atoms with Crippen molar-refractivity contribution in [3.05, 3.63) is 29.8 Å². The molecule has 0 bridgehead atoms. The highest BCUT2D eigenvalue weighted by Crippen LogP contribution is 2.11. The number of amides is 3. The maximum Gasteiger partial charge on any atom is 0.318 e. The Bertz CT molecular complexity index is 510. The van der Waals surface area contributed by atoms with Crippen molar-refractivity contribution in [1.29, 1.82) is 0 Å². The normalized spacial score (nSPS) is 11.9. The molecule has 0 saturated carbocycles. The summed E-state index contributed by atoms with van der Waals surface area (Å²) in [6, 6.07) is 7.03.